The number of aromatic nitrogens is 2. The van der Waals surface area contributed by atoms with E-state index in [4.69, 9.17) is 10.3 Å². The molecule has 11 heteroatoms. The largest absolute Gasteiger partial charge is 0.416 e. The standard InChI is InChI=1S/C21H17F3N4O4/c1-28-6-5-20(31,19(28)30)17-10-15(27-32-17)12-4-2-3-11(7-12)14-8-13(21(22,23)24)9-16(26-14)18(25)29/h2-4,7-10,31H,5-6H2,1H3,(H2,25,29). The van der Waals surface area contributed by atoms with E-state index in [2.05, 4.69) is 10.1 Å². The summed E-state index contributed by atoms with van der Waals surface area (Å²) in [5.74, 6) is -1.63. The molecule has 1 unspecified atom stereocenters. The minimum atomic E-state index is -4.70. The number of benzene rings is 1. The maximum atomic E-state index is 13.3. The van der Waals surface area contributed by atoms with E-state index in [1.807, 2.05) is 0 Å². The molecule has 32 heavy (non-hydrogen) atoms. The third-order valence-electron chi connectivity index (χ3n) is 5.29. The molecule has 3 aromatic rings. The van der Waals surface area contributed by atoms with Crippen LogP contribution in [0.5, 0.6) is 0 Å². The average molecular weight is 446 g/mol. The van der Waals surface area contributed by atoms with E-state index in [1.165, 1.54) is 23.1 Å². The SMILES string of the molecule is CN1CCC(O)(c2cc(-c3cccc(-c4cc(C(F)(F)F)cc(C(N)=O)n4)c3)no2)C1=O. The van der Waals surface area contributed by atoms with Crippen molar-refractivity contribution in [3.8, 4) is 22.5 Å². The maximum absolute atomic E-state index is 13.3. The monoisotopic (exact) mass is 446 g/mol. The van der Waals surface area contributed by atoms with Crippen LogP contribution in [0.1, 0.15) is 28.2 Å². The minimum Gasteiger partial charge on any atom is -0.373 e. The lowest BCUT2D eigenvalue weighted by molar-refractivity contribution is -0.144. The number of likely N-dealkylation sites (N-methyl/N-ethyl adjacent to an activating group) is 1. The van der Waals surface area contributed by atoms with Crippen LogP contribution in [-0.2, 0) is 16.6 Å². The van der Waals surface area contributed by atoms with Crippen molar-refractivity contribution in [2.45, 2.75) is 18.2 Å². The molecule has 8 nitrogen and oxygen atoms in total. The maximum Gasteiger partial charge on any atom is 0.416 e. The number of hydrogen-bond donors (Lipinski definition) is 2. The quantitative estimate of drug-likeness (QED) is 0.635. The van der Waals surface area contributed by atoms with Gasteiger partial charge in [0, 0.05) is 37.2 Å². The highest BCUT2D eigenvalue weighted by Gasteiger charge is 2.48. The van der Waals surface area contributed by atoms with Gasteiger partial charge in [0.05, 0.1) is 11.3 Å². The molecule has 4 rings (SSSR count). The second kappa shape index (κ2) is 7.45. The van der Waals surface area contributed by atoms with Gasteiger partial charge in [0.15, 0.2) is 5.76 Å². The summed E-state index contributed by atoms with van der Waals surface area (Å²) in [4.78, 5) is 29.1. The Bertz CT molecular complexity index is 1220. The predicted molar refractivity (Wildman–Crippen MR) is 105 cm³/mol. The zero-order valence-electron chi connectivity index (χ0n) is 16.7. The van der Waals surface area contributed by atoms with Crippen molar-refractivity contribution in [1.29, 1.82) is 0 Å². The highest BCUT2D eigenvalue weighted by molar-refractivity contribution is 5.91. The molecule has 1 saturated heterocycles. The second-order valence-corrected chi connectivity index (χ2v) is 7.48. The van der Waals surface area contributed by atoms with Crippen LogP contribution in [0.25, 0.3) is 22.5 Å². The summed E-state index contributed by atoms with van der Waals surface area (Å²) in [7, 11) is 1.56. The number of hydrogen-bond acceptors (Lipinski definition) is 6. The van der Waals surface area contributed by atoms with Crippen LogP contribution >= 0.6 is 0 Å². The van der Waals surface area contributed by atoms with Gasteiger partial charge in [0.25, 0.3) is 11.8 Å². The van der Waals surface area contributed by atoms with Crippen LogP contribution < -0.4 is 5.73 Å². The van der Waals surface area contributed by atoms with Gasteiger partial charge in [0.2, 0.25) is 5.60 Å². The molecule has 2 aromatic heterocycles. The van der Waals surface area contributed by atoms with E-state index in [1.54, 1.807) is 19.2 Å². The third-order valence-corrected chi connectivity index (χ3v) is 5.29. The molecule has 3 N–H and O–H groups in total. The van der Waals surface area contributed by atoms with Gasteiger partial charge in [-0.05, 0) is 18.2 Å². The Balaban J connectivity index is 1.73. The van der Waals surface area contributed by atoms with Gasteiger partial charge in [-0.15, -0.1) is 0 Å². The van der Waals surface area contributed by atoms with Gasteiger partial charge >= 0.3 is 6.18 Å². The fourth-order valence-corrected chi connectivity index (χ4v) is 3.49. The average Bonchev–Trinajstić information content (AvgIpc) is 3.35. The van der Waals surface area contributed by atoms with Crippen LogP contribution in [0.3, 0.4) is 0 Å². The lowest BCUT2D eigenvalue weighted by Gasteiger charge is -2.16. The number of carbonyl (C=O) groups is 2. The van der Waals surface area contributed by atoms with Crippen LogP contribution in [0.2, 0.25) is 0 Å². The number of alkyl halides is 3. The molecule has 1 fully saturated rings. The summed E-state index contributed by atoms with van der Waals surface area (Å²) >= 11 is 0. The zero-order chi connectivity index (χ0) is 23.3. The van der Waals surface area contributed by atoms with Crippen molar-refractivity contribution in [1.82, 2.24) is 15.0 Å². The minimum absolute atomic E-state index is 0.0274. The Morgan fingerprint density at radius 3 is 2.47 bits per heavy atom. The number of primary amides is 1. The summed E-state index contributed by atoms with van der Waals surface area (Å²) in [6.45, 7) is 0.351. The van der Waals surface area contributed by atoms with Gasteiger partial charge in [-0.1, -0.05) is 23.4 Å². The number of halogens is 3. The third kappa shape index (κ3) is 3.71. The summed E-state index contributed by atoms with van der Waals surface area (Å²) < 4.78 is 45.0. The number of amides is 2. The first-order chi connectivity index (χ1) is 15.0. The summed E-state index contributed by atoms with van der Waals surface area (Å²) in [6, 6.07) is 9.02. The highest BCUT2D eigenvalue weighted by Crippen LogP contribution is 2.36. The van der Waals surface area contributed by atoms with Crippen molar-refractivity contribution in [2.75, 3.05) is 13.6 Å². The number of likely N-dealkylation sites (tertiary alicyclic amines) is 1. The van der Waals surface area contributed by atoms with Crippen molar-refractivity contribution >= 4 is 11.8 Å². The highest BCUT2D eigenvalue weighted by atomic mass is 19.4. The molecular formula is C21H17F3N4O4. The number of rotatable bonds is 4. The molecule has 1 aromatic carbocycles. The molecule has 0 spiro atoms. The molecule has 0 bridgehead atoms. The molecule has 2 amide bonds. The summed E-state index contributed by atoms with van der Waals surface area (Å²) in [6.07, 6.45) is -4.56. The van der Waals surface area contributed by atoms with Crippen LogP contribution in [0.15, 0.2) is 47.0 Å². The van der Waals surface area contributed by atoms with Gasteiger partial charge in [0.1, 0.15) is 11.4 Å². The van der Waals surface area contributed by atoms with E-state index in [0.717, 1.165) is 6.07 Å². The van der Waals surface area contributed by atoms with E-state index in [-0.39, 0.29) is 29.1 Å². The number of carbonyl (C=O) groups excluding carboxylic acids is 2. The first-order valence-corrected chi connectivity index (χ1v) is 9.44. The summed E-state index contributed by atoms with van der Waals surface area (Å²) in [5, 5.41) is 14.6. The topological polar surface area (TPSA) is 123 Å². The van der Waals surface area contributed by atoms with Crippen LogP contribution in [0, 0.1) is 0 Å². The van der Waals surface area contributed by atoms with Crippen LogP contribution in [0.4, 0.5) is 13.2 Å². The summed E-state index contributed by atoms with van der Waals surface area (Å²) in [5.41, 5.74) is 2.62. The Labute approximate surface area is 179 Å². The molecule has 166 valence electrons. The molecule has 1 aliphatic heterocycles. The number of nitrogens with two attached hydrogens (primary N) is 1. The Hall–Kier alpha value is -3.73. The first kappa shape index (κ1) is 21.5. The molecule has 0 saturated carbocycles. The number of pyridine rings is 1. The lowest BCUT2D eigenvalue weighted by Crippen LogP contribution is -2.35. The smallest absolute Gasteiger partial charge is 0.373 e. The lowest BCUT2D eigenvalue weighted by atomic mass is 9.97. The van der Waals surface area contributed by atoms with Crippen molar-refractivity contribution in [3.05, 3.63) is 59.5 Å². The molecule has 0 radical (unpaired) electrons. The predicted octanol–water partition coefficient (Wildman–Crippen LogP) is 2.57. The van der Waals surface area contributed by atoms with Crippen molar-refractivity contribution < 1.29 is 32.4 Å². The van der Waals surface area contributed by atoms with E-state index in [9.17, 15) is 27.9 Å². The number of nitrogens with zero attached hydrogens (tertiary/aromatic N) is 3. The van der Waals surface area contributed by atoms with Gasteiger partial charge in [-0.2, -0.15) is 13.2 Å². The van der Waals surface area contributed by atoms with E-state index >= 15 is 0 Å². The molecule has 1 aliphatic rings. The molecule has 0 aliphatic carbocycles. The normalized spacial score (nSPS) is 18.9. The Morgan fingerprint density at radius 1 is 1.19 bits per heavy atom. The van der Waals surface area contributed by atoms with Crippen molar-refractivity contribution in [2.24, 2.45) is 5.73 Å². The molecule has 3 heterocycles. The molecular weight excluding hydrogens is 429 g/mol. The van der Waals surface area contributed by atoms with Gasteiger partial charge in [-0.3, -0.25) is 9.59 Å². The van der Waals surface area contributed by atoms with Gasteiger partial charge in [-0.25, -0.2) is 4.98 Å². The van der Waals surface area contributed by atoms with E-state index in [0.29, 0.717) is 18.2 Å². The Kier molecular flexibility index (Phi) is 5.00. The van der Waals surface area contributed by atoms with Crippen molar-refractivity contribution in [3.63, 3.8) is 0 Å². The second-order valence-electron chi connectivity index (χ2n) is 7.48. The van der Waals surface area contributed by atoms with Gasteiger partial charge < -0.3 is 20.3 Å². The van der Waals surface area contributed by atoms with Crippen LogP contribution in [-0.4, -0.2) is 45.6 Å². The Morgan fingerprint density at radius 2 is 1.88 bits per heavy atom. The number of aliphatic hydroxyl groups is 1. The van der Waals surface area contributed by atoms with E-state index < -0.39 is 34.8 Å². The fraction of sp³-hybridized carbons (Fsp3) is 0.238. The molecule has 1 atom stereocenters. The fourth-order valence-electron chi connectivity index (χ4n) is 3.49. The first-order valence-electron chi connectivity index (χ1n) is 9.44. The zero-order valence-corrected chi connectivity index (χ0v) is 16.7.